The molecule has 0 amide bonds. The first-order valence-corrected chi connectivity index (χ1v) is 4.71. The summed E-state index contributed by atoms with van der Waals surface area (Å²) in [5.41, 5.74) is 2.92. The number of nitrogens with one attached hydrogen (secondary N) is 1. The van der Waals surface area contributed by atoms with Gasteiger partial charge in [0.05, 0.1) is 19.5 Å². The molecule has 1 rings (SSSR count). The molecule has 0 aromatic carbocycles. The van der Waals surface area contributed by atoms with Crippen molar-refractivity contribution >= 4 is 0 Å². The number of ether oxygens (including phenoxy) is 1. The van der Waals surface area contributed by atoms with Gasteiger partial charge in [-0.05, 0) is 19.1 Å². The van der Waals surface area contributed by atoms with Crippen LogP contribution in [0.4, 0.5) is 0 Å². The maximum absolute atomic E-state index is 5.21. The summed E-state index contributed by atoms with van der Waals surface area (Å²) in [6.45, 7) is 3.19. The number of hydrogen-bond donors (Lipinski definition) is 1. The van der Waals surface area contributed by atoms with Gasteiger partial charge in [0.15, 0.2) is 0 Å². The van der Waals surface area contributed by atoms with E-state index < -0.39 is 0 Å². The lowest BCUT2D eigenvalue weighted by molar-refractivity contribution is -0.00933. The van der Waals surface area contributed by atoms with Crippen molar-refractivity contribution in [2.75, 3.05) is 20.3 Å². The average Bonchev–Trinajstić information content (AvgIpc) is 2.65. The SMILES string of the molecule is COCCONC(C)Cc1ccco1. The average molecular weight is 199 g/mol. The summed E-state index contributed by atoms with van der Waals surface area (Å²) in [5.74, 6) is 0.959. The molecule has 14 heavy (non-hydrogen) atoms. The minimum atomic E-state index is 0.234. The van der Waals surface area contributed by atoms with Gasteiger partial charge >= 0.3 is 0 Å². The van der Waals surface area contributed by atoms with E-state index in [4.69, 9.17) is 14.0 Å². The topological polar surface area (TPSA) is 43.6 Å². The van der Waals surface area contributed by atoms with E-state index in [0.717, 1.165) is 12.2 Å². The highest BCUT2D eigenvalue weighted by Crippen LogP contribution is 2.03. The molecule has 80 valence electrons. The number of methoxy groups -OCH3 is 1. The largest absolute Gasteiger partial charge is 0.469 e. The second kappa shape index (κ2) is 6.59. The molecule has 0 aliphatic carbocycles. The number of hydrogen-bond acceptors (Lipinski definition) is 4. The van der Waals surface area contributed by atoms with Crippen molar-refractivity contribution < 1.29 is 14.0 Å². The first-order valence-electron chi connectivity index (χ1n) is 4.71. The predicted molar refractivity (Wildman–Crippen MR) is 52.8 cm³/mol. The van der Waals surface area contributed by atoms with E-state index >= 15 is 0 Å². The van der Waals surface area contributed by atoms with E-state index in [1.54, 1.807) is 13.4 Å². The van der Waals surface area contributed by atoms with Crippen LogP contribution in [0.2, 0.25) is 0 Å². The third-order valence-electron chi connectivity index (χ3n) is 1.76. The Bertz CT molecular complexity index is 223. The molecule has 0 saturated heterocycles. The summed E-state index contributed by atoms with van der Waals surface area (Å²) >= 11 is 0. The molecule has 0 aliphatic heterocycles. The van der Waals surface area contributed by atoms with E-state index in [9.17, 15) is 0 Å². The molecule has 4 nitrogen and oxygen atoms in total. The van der Waals surface area contributed by atoms with Crippen LogP contribution in [0, 0.1) is 0 Å². The highest BCUT2D eigenvalue weighted by atomic mass is 16.7. The first kappa shape index (κ1) is 11.2. The second-order valence-corrected chi connectivity index (χ2v) is 3.14. The molecular weight excluding hydrogens is 182 g/mol. The smallest absolute Gasteiger partial charge is 0.105 e. The molecule has 0 saturated carbocycles. The van der Waals surface area contributed by atoms with Crippen LogP contribution in [0.1, 0.15) is 12.7 Å². The van der Waals surface area contributed by atoms with Gasteiger partial charge in [-0.15, -0.1) is 0 Å². The number of rotatable bonds is 7. The van der Waals surface area contributed by atoms with E-state index in [2.05, 4.69) is 5.48 Å². The lowest BCUT2D eigenvalue weighted by atomic mass is 10.2. The fraction of sp³-hybridized carbons (Fsp3) is 0.600. The van der Waals surface area contributed by atoms with Gasteiger partial charge in [-0.2, -0.15) is 5.48 Å². The maximum atomic E-state index is 5.21. The van der Waals surface area contributed by atoms with Crippen molar-refractivity contribution in [1.82, 2.24) is 5.48 Å². The summed E-state index contributed by atoms with van der Waals surface area (Å²) in [5, 5.41) is 0. The molecule has 4 heteroatoms. The van der Waals surface area contributed by atoms with Gasteiger partial charge in [-0.3, -0.25) is 4.84 Å². The van der Waals surface area contributed by atoms with Gasteiger partial charge in [0, 0.05) is 19.6 Å². The third kappa shape index (κ3) is 4.41. The Morgan fingerprint density at radius 3 is 3.00 bits per heavy atom. The Balaban J connectivity index is 2.07. The van der Waals surface area contributed by atoms with E-state index in [0.29, 0.717) is 13.2 Å². The Morgan fingerprint density at radius 2 is 2.36 bits per heavy atom. The Labute approximate surface area is 84.1 Å². The second-order valence-electron chi connectivity index (χ2n) is 3.14. The molecule has 0 bridgehead atoms. The van der Waals surface area contributed by atoms with Crippen LogP contribution in [0.3, 0.4) is 0 Å². The van der Waals surface area contributed by atoms with Gasteiger partial charge in [-0.25, -0.2) is 0 Å². The molecule has 1 aromatic rings. The van der Waals surface area contributed by atoms with Gasteiger partial charge < -0.3 is 9.15 Å². The zero-order valence-electron chi connectivity index (χ0n) is 8.66. The summed E-state index contributed by atoms with van der Waals surface area (Å²) in [6.07, 6.45) is 2.49. The zero-order chi connectivity index (χ0) is 10.2. The maximum Gasteiger partial charge on any atom is 0.105 e. The summed E-state index contributed by atoms with van der Waals surface area (Å²) in [7, 11) is 1.65. The molecular formula is C10H17NO3. The van der Waals surface area contributed by atoms with E-state index in [-0.39, 0.29) is 6.04 Å². The van der Waals surface area contributed by atoms with Crippen molar-refractivity contribution in [3.63, 3.8) is 0 Å². The molecule has 0 aliphatic rings. The third-order valence-corrected chi connectivity index (χ3v) is 1.76. The first-order chi connectivity index (χ1) is 6.83. The molecule has 1 heterocycles. The van der Waals surface area contributed by atoms with Gasteiger partial charge in [0.25, 0.3) is 0 Å². The summed E-state index contributed by atoms with van der Waals surface area (Å²) in [4.78, 5) is 5.17. The Kier molecular flexibility index (Phi) is 5.29. The highest BCUT2D eigenvalue weighted by Gasteiger charge is 2.04. The van der Waals surface area contributed by atoms with Crippen molar-refractivity contribution in [2.24, 2.45) is 0 Å². The van der Waals surface area contributed by atoms with Crippen LogP contribution in [-0.2, 0) is 16.0 Å². The fourth-order valence-electron chi connectivity index (χ4n) is 1.10. The zero-order valence-corrected chi connectivity index (χ0v) is 8.66. The molecule has 1 unspecified atom stereocenters. The van der Waals surface area contributed by atoms with Crippen LogP contribution >= 0.6 is 0 Å². The van der Waals surface area contributed by atoms with Crippen molar-refractivity contribution in [1.29, 1.82) is 0 Å². The summed E-state index contributed by atoms with van der Waals surface area (Å²) < 4.78 is 10.1. The molecule has 0 fully saturated rings. The van der Waals surface area contributed by atoms with Crippen molar-refractivity contribution in [3.05, 3.63) is 24.2 Å². The standard InChI is InChI=1S/C10H17NO3/c1-9(11-14-7-6-12-2)8-10-4-3-5-13-10/h3-5,9,11H,6-8H2,1-2H3. The lowest BCUT2D eigenvalue weighted by Crippen LogP contribution is -2.29. The summed E-state index contributed by atoms with van der Waals surface area (Å²) in [6, 6.07) is 4.07. The van der Waals surface area contributed by atoms with Crippen LogP contribution in [0.15, 0.2) is 22.8 Å². The quantitative estimate of drug-likeness (QED) is 0.532. The predicted octanol–water partition coefficient (Wildman–Crippen LogP) is 1.38. The fourth-order valence-corrected chi connectivity index (χ4v) is 1.10. The normalized spacial score (nSPS) is 13.0. The van der Waals surface area contributed by atoms with Gasteiger partial charge in [0.1, 0.15) is 5.76 Å². The number of hydroxylamine groups is 1. The van der Waals surface area contributed by atoms with Gasteiger partial charge in [-0.1, -0.05) is 0 Å². The molecule has 1 aromatic heterocycles. The Morgan fingerprint density at radius 1 is 1.50 bits per heavy atom. The number of furan rings is 1. The van der Waals surface area contributed by atoms with E-state index in [1.165, 1.54) is 0 Å². The van der Waals surface area contributed by atoms with Crippen LogP contribution in [0.5, 0.6) is 0 Å². The van der Waals surface area contributed by atoms with Gasteiger partial charge in [0.2, 0.25) is 0 Å². The molecule has 0 spiro atoms. The molecule has 0 radical (unpaired) electrons. The minimum Gasteiger partial charge on any atom is -0.469 e. The van der Waals surface area contributed by atoms with Crippen molar-refractivity contribution in [2.45, 2.75) is 19.4 Å². The van der Waals surface area contributed by atoms with Crippen LogP contribution < -0.4 is 5.48 Å². The Hall–Kier alpha value is -0.840. The highest BCUT2D eigenvalue weighted by molar-refractivity contribution is 4.99. The monoisotopic (exact) mass is 199 g/mol. The van der Waals surface area contributed by atoms with Crippen LogP contribution in [0.25, 0.3) is 0 Å². The molecule has 1 atom stereocenters. The van der Waals surface area contributed by atoms with E-state index in [1.807, 2.05) is 19.1 Å². The van der Waals surface area contributed by atoms with Crippen LogP contribution in [-0.4, -0.2) is 26.4 Å². The molecule has 1 N–H and O–H groups in total. The minimum absolute atomic E-state index is 0.234. The lowest BCUT2D eigenvalue weighted by Gasteiger charge is -2.11. The van der Waals surface area contributed by atoms with Crippen molar-refractivity contribution in [3.8, 4) is 0 Å².